The fourth-order valence-electron chi connectivity index (χ4n) is 3.32. The molecule has 1 aliphatic rings. The molecule has 1 aromatic carbocycles. The van der Waals surface area contributed by atoms with Crippen molar-refractivity contribution in [3.05, 3.63) is 60.6 Å². The number of aromatic nitrogens is 2. The maximum Gasteiger partial charge on any atom is 0.274 e. The van der Waals surface area contributed by atoms with Gasteiger partial charge in [0, 0.05) is 42.6 Å². The predicted molar refractivity (Wildman–Crippen MR) is 105 cm³/mol. The minimum Gasteiger partial charge on any atom is -0.474 e. The monoisotopic (exact) mass is 362 g/mol. The van der Waals surface area contributed by atoms with E-state index in [2.05, 4.69) is 27.2 Å². The number of rotatable bonds is 4. The molecule has 0 saturated carbocycles. The van der Waals surface area contributed by atoms with Crippen molar-refractivity contribution in [1.29, 1.82) is 0 Å². The minimum absolute atomic E-state index is 0.166. The molecule has 3 heterocycles. The molecule has 0 spiro atoms. The summed E-state index contributed by atoms with van der Waals surface area (Å²) in [6, 6.07) is 13.1. The summed E-state index contributed by atoms with van der Waals surface area (Å²) in [5.41, 5.74) is 1.05. The number of likely N-dealkylation sites (tertiary alicyclic amines) is 1. The molecule has 0 bridgehead atoms. The summed E-state index contributed by atoms with van der Waals surface area (Å²) in [4.78, 5) is 23.6. The summed E-state index contributed by atoms with van der Waals surface area (Å²) in [7, 11) is 2.12. The van der Waals surface area contributed by atoms with E-state index in [9.17, 15) is 4.79 Å². The van der Waals surface area contributed by atoms with Gasteiger partial charge in [0.05, 0.1) is 0 Å². The number of nitrogens with zero attached hydrogens (tertiary/aromatic N) is 3. The van der Waals surface area contributed by atoms with Gasteiger partial charge in [-0.25, -0.2) is 4.98 Å². The first-order valence-corrected chi connectivity index (χ1v) is 9.15. The highest BCUT2D eigenvalue weighted by Crippen LogP contribution is 2.21. The first-order valence-electron chi connectivity index (χ1n) is 9.15. The Labute approximate surface area is 158 Å². The summed E-state index contributed by atoms with van der Waals surface area (Å²) in [5.74, 6) is 0.288. The molecule has 138 valence electrons. The van der Waals surface area contributed by atoms with E-state index in [0.717, 1.165) is 36.7 Å². The van der Waals surface area contributed by atoms with Gasteiger partial charge in [0.1, 0.15) is 11.8 Å². The van der Waals surface area contributed by atoms with Crippen molar-refractivity contribution in [3.8, 4) is 5.88 Å². The van der Waals surface area contributed by atoms with Crippen LogP contribution in [0, 0.1) is 0 Å². The van der Waals surface area contributed by atoms with Crippen LogP contribution in [0.4, 0.5) is 5.69 Å². The van der Waals surface area contributed by atoms with Crippen LogP contribution in [0.25, 0.3) is 10.8 Å². The second-order valence-electron chi connectivity index (χ2n) is 6.84. The molecule has 1 fully saturated rings. The van der Waals surface area contributed by atoms with Crippen LogP contribution in [0.3, 0.4) is 0 Å². The molecule has 0 unspecified atom stereocenters. The summed E-state index contributed by atoms with van der Waals surface area (Å²) >= 11 is 0. The quantitative estimate of drug-likeness (QED) is 0.771. The Bertz CT molecular complexity index is 946. The third-order valence-electron chi connectivity index (χ3n) is 4.83. The first kappa shape index (κ1) is 17.4. The SMILES string of the molecule is CN1CCC(Oc2cc(NC(=O)c3nccc4ccccc34)ccn2)CC1. The van der Waals surface area contributed by atoms with Crippen LogP contribution in [0.1, 0.15) is 23.3 Å². The van der Waals surface area contributed by atoms with E-state index in [1.807, 2.05) is 30.3 Å². The van der Waals surface area contributed by atoms with Crippen LogP contribution in [0.5, 0.6) is 5.88 Å². The van der Waals surface area contributed by atoms with E-state index in [1.165, 1.54) is 0 Å². The van der Waals surface area contributed by atoms with E-state index >= 15 is 0 Å². The van der Waals surface area contributed by atoms with Crippen molar-refractivity contribution < 1.29 is 9.53 Å². The molecule has 0 atom stereocenters. The van der Waals surface area contributed by atoms with Crippen molar-refractivity contribution in [3.63, 3.8) is 0 Å². The second kappa shape index (κ2) is 7.72. The maximum atomic E-state index is 12.7. The predicted octanol–water partition coefficient (Wildman–Crippen LogP) is 3.36. The molecule has 1 aliphatic heterocycles. The highest BCUT2D eigenvalue weighted by molar-refractivity contribution is 6.11. The van der Waals surface area contributed by atoms with Crippen molar-refractivity contribution in [2.45, 2.75) is 18.9 Å². The largest absolute Gasteiger partial charge is 0.474 e. The van der Waals surface area contributed by atoms with E-state index in [4.69, 9.17) is 4.74 Å². The van der Waals surface area contributed by atoms with Gasteiger partial charge in [-0.1, -0.05) is 24.3 Å². The van der Waals surface area contributed by atoms with Gasteiger partial charge in [0.15, 0.2) is 0 Å². The molecule has 1 saturated heterocycles. The molecule has 3 aromatic rings. The number of pyridine rings is 2. The van der Waals surface area contributed by atoms with E-state index in [-0.39, 0.29) is 12.0 Å². The smallest absolute Gasteiger partial charge is 0.274 e. The molecule has 6 nitrogen and oxygen atoms in total. The number of hydrogen-bond donors (Lipinski definition) is 1. The zero-order valence-corrected chi connectivity index (χ0v) is 15.3. The zero-order chi connectivity index (χ0) is 18.6. The Morgan fingerprint density at radius 2 is 1.89 bits per heavy atom. The van der Waals surface area contributed by atoms with E-state index in [1.54, 1.807) is 24.5 Å². The van der Waals surface area contributed by atoms with Gasteiger partial charge >= 0.3 is 0 Å². The summed E-state index contributed by atoms with van der Waals surface area (Å²) in [6.45, 7) is 2.04. The fourth-order valence-corrected chi connectivity index (χ4v) is 3.32. The average molecular weight is 362 g/mol. The van der Waals surface area contributed by atoms with Crippen molar-refractivity contribution in [2.75, 3.05) is 25.5 Å². The second-order valence-corrected chi connectivity index (χ2v) is 6.84. The number of carbonyl (C=O) groups is 1. The highest BCUT2D eigenvalue weighted by atomic mass is 16.5. The number of piperidine rings is 1. The van der Waals surface area contributed by atoms with Gasteiger partial charge in [-0.05, 0) is 37.4 Å². The van der Waals surface area contributed by atoms with Gasteiger partial charge in [-0.2, -0.15) is 0 Å². The lowest BCUT2D eigenvalue weighted by Gasteiger charge is -2.28. The van der Waals surface area contributed by atoms with Crippen molar-refractivity contribution in [1.82, 2.24) is 14.9 Å². The number of anilines is 1. The van der Waals surface area contributed by atoms with E-state index < -0.39 is 0 Å². The topological polar surface area (TPSA) is 67.3 Å². The van der Waals surface area contributed by atoms with Crippen LogP contribution in [0.15, 0.2) is 54.9 Å². The van der Waals surface area contributed by atoms with Crippen molar-refractivity contribution >= 4 is 22.4 Å². The van der Waals surface area contributed by atoms with Crippen LogP contribution < -0.4 is 10.1 Å². The Balaban J connectivity index is 1.48. The third-order valence-corrected chi connectivity index (χ3v) is 4.83. The fraction of sp³-hybridized carbons (Fsp3) is 0.286. The maximum absolute atomic E-state index is 12.7. The van der Waals surface area contributed by atoms with Crippen LogP contribution >= 0.6 is 0 Å². The molecule has 6 heteroatoms. The molecule has 27 heavy (non-hydrogen) atoms. The number of ether oxygens (including phenoxy) is 1. The van der Waals surface area contributed by atoms with Crippen molar-refractivity contribution in [2.24, 2.45) is 0 Å². The summed E-state index contributed by atoms with van der Waals surface area (Å²) < 4.78 is 6.00. The first-order chi connectivity index (χ1) is 13.2. The molecule has 2 aromatic heterocycles. The number of amides is 1. The molecule has 0 radical (unpaired) electrons. The Morgan fingerprint density at radius 3 is 2.74 bits per heavy atom. The molecular formula is C21H22N4O2. The molecule has 1 N–H and O–H groups in total. The number of benzene rings is 1. The minimum atomic E-state index is -0.247. The van der Waals surface area contributed by atoms with Crippen LogP contribution in [-0.2, 0) is 0 Å². The number of carbonyl (C=O) groups excluding carboxylic acids is 1. The average Bonchev–Trinajstić information content (AvgIpc) is 2.69. The van der Waals surface area contributed by atoms with Gasteiger partial charge in [-0.3, -0.25) is 9.78 Å². The Hall–Kier alpha value is -2.99. The summed E-state index contributed by atoms with van der Waals surface area (Å²) in [6.07, 6.45) is 5.43. The number of hydrogen-bond acceptors (Lipinski definition) is 5. The number of nitrogens with one attached hydrogen (secondary N) is 1. The normalized spacial score (nSPS) is 15.6. The Kier molecular flexibility index (Phi) is 4.98. The van der Waals surface area contributed by atoms with Gasteiger partial charge < -0.3 is 15.0 Å². The van der Waals surface area contributed by atoms with Gasteiger partial charge in [0.2, 0.25) is 5.88 Å². The van der Waals surface area contributed by atoms with Gasteiger partial charge in [-0.15, -0.1) is 0 Å². The molecular weight excluding hydrogens is 340 g/mol. The lowest BCUT2D eigenvalue weighted by atomic mass is 10.1. The standard InChI is InChI=1S/C21H22N4O2/c1-25-12-8-17(9-13-25)27-19-14-16(7-11-22-19)24-21(26)20-18-5-3-2-4-15(18)6-10-23-20/h2-7,10-11,14,17H,8-9,12-13H2,1H3,(H,22,24,26). The van der Waals surface area contributed by atoms with Gasteiger partial charge in [0.25, 0.3) is 5.91 Å². The third kappa shape index (κ3) is 4.06. The van der Waals surface area contributed by atoms with Crippen LogP contribution in [0.2, 0.25) is 0 Å². The lowest BCUT2D eigenvalue weighted by Crippen LogP contribution is -2.35. The zero-order valence-electron chi connectivity index (χ0n) is 15.3. The van der Waals surface area contributed by atoms with Crippen LogP contribution in [-0.4, -0.2) is 47.0 Å². The lowest BCUT2D eigenvalue weighted by molar-refractivity contribution is 0.102. The molecule has 1 amide bonds. The number of fused-ring (bicyclic) bond motifs is 1. The molecule has 4 rings (SSSR count). The van der Waals surface area contributed by atoms with E-state index in [0.29, 0.717) is 17.3 Å². The molecule has 0 aliphatic carbocycles. The highest BCUT2D eigenvalue weighted by Gasteiger charge is 2.19. The summed E-state index contributed by atoms with van der Waals surface area (Å²) in [5, 5.41) is 4.72. The Morgan fingerprint density at radius 1 is 1.11 bits per heavy atom.